The summed E-state index contributed by atoms with van der Waals surface area (Å²) in [6, 6.07) is 78.6. The zero-order valence-electron chi connectivity index (χ0n) is 31.1. The average molecular weight is 742 g/mol. The van der Waals surface area contributed by atoms with Gasteiger partial charge in [-0.25, -0.2) is 0 Å². The van der Waals surface area contributed by atoms with Gasteiger partial charge in [-0.1, -0.05) is 182 Å². The molecule has 266 valence electrons. The number of thiophene rings is 1. The van der Waals surface area contributed by atoms with Crippen LogP contribution < -0.4 is 4.90 Å². The number of anilines is 3. The van der Waals surface area contributed by atoms with Gasteiger partial charge in [0.05, 0.1) is 16.8 Å². The molecule has 1 spiro atoms. The quantitative estimate of drug-likeness (QED) is 0.170. The number of hydrogen-bond donors (Lipinski definition) is 0. The van der Waals surface area contributed by atoms with Gasteiger partial charge < -0.3 is 4.90 Å². The van der Waals surface area contributed by atoms with Crippen LogP contribution in [0.5, 0.6) is 0 Å². The molecule has 0 radical (unpaired) electrons. The van der Waals surface area contributed by atoms with Crippen molar-refractivity contribution in [1.29, 1.82) is 0 Å². The highest BCUT2D eigenvalue weighted by molar-refractivity contribution is 7.26. The summed E-state index contributed by atoms with van der Waals surface area (Å²) in [4.78, 5) is 2.53. The first-order chi connectivity index (χ1) is 28.3. The number of nitrogens with zero attached hydrogens (tertiary/aromatic N) is 1. The summed E-state index contributed by atoms with van der Waals surface area (Å²) >= 11 is 1.93. The highest BCUT2D eigenvalue weighted by Gasteiger charge is 2.54. The first-order valence-electron chi connectivity index (χ1n) is 19.7. The summed E-state index contributed by atoms with van der Waals surface area (Å²) in [5.41, 5.74) is 18.3. The summed E-state index contributed by atoms with van der Waals surface area (Å²) in [7, 11) is 0. The third-order valence-electron chi connectivity index (χ3n) is 12.3. The van der Waals surface area contributed by atoms with Crippen LogP contribution in [0.4, 0.5) is 17.1 Å². The van der Waals surface area contributed by atoms with Crippen LogP contribution in [-0.4, -0.2) is 0 Å². The van der Waals surface area contributed by atoms with Crippen molar-refractivity contribution in [2.75, 3.05) is 4.90 Å². The molecule has 57 heavy (non-hydrogen) atoms. The van der Waals surface area contributed by atoms with E-state index in [2.05, 4.69) is 217 Å². The molecule has 2 aliphatic carbocycles. The Balaban J connectivity index is 1.19. The van der Waals surface area contributed by atoms with Gasteiger partial charge in [0.1, 0.15) is 0 Å². The summed E-state index contributed by atoms with van der Waals surface area (Å²) in [5.74, 6) is 0. The number of benzene rings is 9. The van der Waals surface area contributed by atoms with Gasteiger partial charge in [0.2, 0.25) is 0 Å². The number of rotatable bonds is 5. The van der Waals surface area contributed by atoms with E-state index >= 15 is 0 Å². The number of hydrogen-bond acceptors (Lipinski definition) is 2. The van der Waals surface area contributed by atoms with Crippen LogP contribution in [0.15, 0.2) is 212 Å². The maximum Gasteiger partial charge on any atom is 0.0746 e. The van der Waals surface area contributed by atoms with Crippen LogP contribution in [-0.2, 0) is 5.41 Å². The molecule has 0 aliphatic heterocycles. The van der Waals surface area contributed by atoms with E-state index in [9.17, 15) is 0 Å². The smallest absolute Gasteiger partial charge is 0.0746 e. The molecule has 1 aromatic heterocycles. The van der Waals surface area contributed by atoms with Crippen molar-refractivity contribution in [3.05, 3.63) is 235 Å². The Kier molecular flexibility index (Phi) is 7.08. The highest BCUT2D eigenvalue weighted by Crippen LogP contribution is 2.67. The van der Waals surface area contributed by atoms with Crippen LogP contribution in [0.25, 0.3) is 64.7 Å². The van der Waals surface area contributed by atoms with Gasteiger partial charge in [-0.15, -0.1) is 11.3 Å². The van der Waals surface area contributed by atoms with Crippen LogP contribution in [0.3, 0.4) is 0 Å². The van der Waals surface area contributed by atoms with E-state index in [4.69, 9.17) is 0 Å². The highest BCUT2D eigenvalue weighted by atomic mass is 32.1. The molecular formula is C55H35NS. The van der Waals surface area contributed by atoms with E-state index in [1.54, 1.807) is 0 Å². The van der Waals surface area contributed by atoms with E-state index in [0.717, 1.165) is 11.4 Å². The molecule has 12 rings (SSSR count). The van der Waals surface area contributed by atoms with Gasteiger partial charge in [0.25, 0.3) is 0 Å². The summed E-state index contributed by atoms with van der Waals surface area (Å²) < 4.78 is 2.69. The maximum atomic E-state index is 2.53. The van der Waals surface area contributed by atoms with Crippen LogP contribution in [0.2, 0.25) is 0 Å². The first-order valence-corrected chi connectivity index (χ1v) is 20.5. The Morgan fingerprint density at radius 2 is 0.930 bits per heavy atom. The molecule has 0 saturated heterocycles. The predicted molar refractivity (Wildman–Crippen MR) is 241 cm³/mol. The fourth-order valence-corrected chi connectivity index (χ4v) is 11.3. The van der Waals surface area contributed by atoms with E-state index in [1.165, 1.54) is 92.6 Å². The lowest BCUT2D eigenvalue weighted by Gasteiger charge is -2.36. The van der Waals surface area contributed by atoms with Crippen LogP contribution in [0.1, 0.15) is 22.3 Å². The van der Waals surface area contributed by atoms with E-state index < -0.39 is 5.41 Å². The molecule has 0 bridgehead atoms. The third kappa shape index (κ3) is 4.56. The minimum atomic E-state index is -0.539. The molecule has 0 saturated carbocycles. The molecule has 1 unspecified atom stereocenters. The number of fused-ring (bicyclic) bond motifs is 14. The van der Waals surface area contributed by atoms with Crippen molar-refractivity contribution in [2.45, 2.75) is 5.41 Å². The summed E-state index contributed by atoms with van der Waals surface area (Å²) in [6.45, 7) is 0. The molecule has 2 heteroatoms. The fraction of sp³-hybridized carbons (Fsp3) is 0.0182. The second-order valence-corrected chi connectivity index (χ2v) is 16.2. The van der Waals surface area contributed by atoms with Crippen LogP contribution in [0, 0.1) is 0 Å². The van der Waals surface area contributed by atoms with Crippen LogP contribution >= 0.6 is 11.3 Å². The Hall–Kier alpha value is -7.00. The first kappa shape index (κ1) is 32.3. The van der Waals surface area contributed by atoms with E-state index in [0.29, 0.717) is 0 Å². The Morgan fingerprint density at radius 3 is 1.72 bits per heavy atom. The topological polar surface area (TPSA) is 3.24 Å². The monoisotopic (exact) mass is 741 g/mol. The molecule has 2 aliphatic rings. The SMILES string of the molecule is c1ccc(-c2ccc(N(c3ccccc3-c3ccccc3)c3cccc4c3C3(c5ccccc5-4)c4ccccc4-c4c3ccc3c4sc4ccccc43)cc2)cc1. The van der Waals surface area contributed by atoms with Crippen molar-refractivity contribution < 1.29 is 0 Å². The summed E-state index contributed by atoms with van der Waals surface area (Å²) in [5, 5.41) is 2.66. The maximum absolute atomic E-state index is 2.53. The lowest BCUT2D eigenvalue weighted by atomic mass is 9.70. The Labute approximate surface area is 336 Å². The van der Waals surface area contributed by atoms with Gasteiger partial charge in [-0.05, 0) is 80.4 Å². The molecule has 0 N–H and O–H groups in total. The third-order valence-corrected chi connectivity index (χ3v) is 13.5. The minimum absolute atomic E-state index is 0.539. The number of para-hydroxylation sites is 1. The standard InChI is InChI=1S/C55H35NS/c1-3-16-36(17-4-1)37-30-32-39(33-31-37)56(49-27-13-9-20-40(49)38-18-5-2-6-19-38)50-28-15-24-43-41-21-7-11-25-46(41)55(53(43)50)47-26-12-8-23-45(47)52-48(55)35-34-44-42-22-10-14-29-51(42)57-54(44)52/h1-35H. The molecular weight excluding hydrogens is 707 g/mol. The fourth-order valence-electron chi connectivity index (χ4n) is 10.00. The normalized spacial score (nSPS) is 14.7. The zero-order chi connectivity index (χ0) is 37.5. The van der Waals surface area contributed by atoms with Crippen molar-refractivity contribution in [3.63, 3.8) is 0 Å². The van der Waals surface area contributed by atoms with Gasteiger partial charge in [0.15, 0.2) is 0 Å². The zero-order valence-corrected chi connectivity index (χ0v) is 31.9. The minimum Gasteiger partial charge on any atom is -0.310 e. The van der Waals surface area contributed by atoms with E-state index in [1.807, 2.05) is 11.3 Å². The molecule has 0 fully saturated rings. The van der Waals surface area contributed by atoms with Gasteiger partial charge in [0, 0.05) is 42.6 Å². The molecule has 1 atom stereocenters. The Morgan fingerprint density at radius 1 is 0.351 bits per heavy atom. The molecule has 0 amide bonds. The lowest BCUT2D eigenvalue weighted by Crippen LogP contribution is -2.28. The van der Waals surface area contributed by atoms with E-state index in [-0.39, 0.29) is 0 Å². The van der Waals surface area contributed by atoms with Gasteiger partial charge in [-0.2, -0.15) is 0 Å². The lowest BCUT2D eigenvalue weighted by molar-refractivity contribution is 0.793. The molecule has 10 aromatic rings. The molecule has 1 heterocycles. The molecule has 9 aromatic carbocycles. The second-order valence-electron chi connectivity index (χ2n) is 15.1. The Bertz CT molecular complexity index is 3180. The largest absolute Gasteiger partial charge is 0.310 e. The predicted octanol–water partition coefficient (Wildman–Crippen LogP) is 15.2. The van der Waals surface area contributed by atoms with Crippen molar-refractivity contribution in [3.8, 4) is 44.5 Å². The van der Waals surface area contributed by atoms with Gasteiger partial charge in [-0.3, -0.25) is 0 Å². The van der Waals surface area contributed by atoms with Crippen molar-refractivity contribution >= 4 is 48.6 Å². The van der Waals surface area contributed by atoms with Crippen molar-refractivity contribution in [1.82, 2.24) is 0 Å². The molecule has 1 nitrogen and oxygen atoms in total. The van der Waals surface area contributed by atoms with Gasteiger partial charge >= 0.3 is 0 Å². The summed E-state index contributed by atoms with van der Waals surface area (Å²) in [6.07, 6.45) is 0. The average Bonchev–Trinajstić information content (AvgIpc) is 3.92. The second kappa shape index (κ2) is 12.5. The van der Waals surface area contributed by atoms with Crippen molar-refractivity contribution in [2.24, 2.45) is 0 Å².